The van der Waals surface area contributed by atoms with Crippen LogP contribution in [0.1, 0.15) is 49.5 Å². The second-order valence-corrected chi connectivity index (χ2v) is 9.91. The van der Waals surface area contributed by atoms with E-state index >= 15 is 0 Å². The number of dihydropyridines is 1. The lowest BCUT2D eigenvalue weighted by Gasteiger charge is -2.39. The number of nitrogens with one attached hydrogen (secondary N) is 1. The zero-order chi connectivity index (χ0) is 26.0. The summed E-state index contributed by atoms with van der Waals surface area (Å²) < 4.78 is 10.2. The minimum absolute atomic E-state index is 0.319. The van der Waals surface area contributed by atoms with Crippen LogP contribution in [0, 0.1) is 5.92 Å². The van der Waals surface area contributed by atoms with Gasteiger partial charge in [0.05, 0.1) is 19.8 Å². The summed E-state index contributed by atoms with van der Waals surface area (Å²) in [5.74, 6) is -3.36. The molecule has 2 aromatic rings. The molecule has 0 unspecified atom stereocenters. The maximum absolute atomic E-state index is 14.1. The molecule has 2 aliphatic rings. The molecule has 0 amide bonds. The van der Waals surface area contributed by atoms with Gasteiger partial charge in [-0.3, -0.25) is 9.59 Å². The highest BCUT2D eigenvalue weighted by atomic mass is 32.1. The lowest BCUT2D eigenvalue weighted by Crippen LogP contribution is -2.43. The van der Waals surface area contributed by atoms with Gasteiger partial charge < -0.3 is 19.7 Å². The van der Waals surface area contributed by atoms with Crippen LogP contribution < -0.4 is 10.2 Å². The van der Waals surface area contributed by atoms with Crippen molar-refractivity contribution in [1.82, 2.24) is 5.32 Å². The second kappa shape index (κ2) is 10.7. The number of thiophene rings is 1. The van der Waals surface area contributed by atoms with Gasteiger partial charge in [-0.15, -0.1) is 11.3 Å². The zero-order valence-electron chi connectivity index (χ0n) is 21.3. The third kappa shape index (κ3) is 4.46. The first kappa shape index (κ1) is 25.7. The Morgan fingerprint density at radius 1 is 1.08 bits per heavy atom. The molecule has 8 heteroatoms. The van der Waals surface area contributed by atoms with Gasteiger partial charge in [-0.2, -0.15) is 0 Å². The van der Waals surface area contributed by atoms with Crippen molar-refractivity contribution in [2.75, 3.05) is 32.2 Å². The van der Waals surface area contributed by atoms with E-state index in [1.807, 2.05) is 48.7 Å². The van der Waals surface area contributed by atoms with Gasteiger partial charge in [0, 0.05) is 52.5 Å². The quantitative estimate of drug-likeness (QED) is 0.435. The molecule has 0 bridgehead atoms. The largest absolute Gasteiger partial charge is 0.468 e. The summed E-state index contributed by atoms with van der Waals surface area (Å²) in [7, 11) is 2.64. The van der Waals surface area contributed by atoms with Gasteiger partial charge >= 0.3 is 11.9 Å². The number of ether oxygens (including phenoxy) is 2. The number of carbonyl (C=O) groups is 3. The standard InChI is InChI=1S/C28H32N2O5S/c1-6-30(7-2)18-12-10-17(11-13-18)23-22(27(32)34-4)16(3)29-20-15-19(21-9-8-14-36-21)24(28(33)35-5)26(31)25(20)23/h8-14,19,23-24,29H,6-7,15H2,1-5H3/t19-,23+,24-/m0/s1. The highest BCUT2D eigenvalue weighted by molar-refractivity contribution is 7.10. The predicted octanol–water partition coefficient (Wildman–Crippen LogP) is 4.53. The Morgan fingerprint density at radius 3 is 2.33 bits per heavy atom. The van der Waals surface area contributed by atoms with E-state index in [1.54, 1.807) is 0 Å². The number of hydrogen-bond acceptors (Lipinski definition) is 8. The van der Waals surface area contributed by atoms with Crippen molar-refractivity contribution >= 4 is 34.7 Å². The van der Waals surface area contributed by atoms with E-state index in [0.717, 1.165) is 34.9 Å². The predicted molar refractivity (Wildman–Crippen MR) is 140 cm³/mol. The van der Waals surface area contributed by atoms with Crippen LogP contribution in [0.15, 0.2) is 64.3 Å². The van der Waals surface area contributed by atoms with Gasteiger partial charge in [0.25, 0.3) is 0 Å². The molecule has 0 saturated carbocycles. The van der Waals surface area contributed by atoms with Gasteiger partial charge in [-0.05, 0) is 56.3 Å². The Hall–Kier alpha value is -3.39. The van der Waals surface area contributed by atoms with Crippen LogP contribution in [0.2, 0.25) is 0 Å². The topological polar surface area (TPSA) is 84.9 Å². The van der Waals surface area contributed by atoms with Gasteiger partial charge in [0.15, 0.2) is 5.78 Å². The van der Waals surface area contributed by atoms with Gasteiger partial charge in [-0.1, -0.05) is 18.2 Å². The van der Waals surface area contributed by atoms with E-state index in [-0.39, 0.29) is 11.7 Å². The van der Waals surface area contributed by atoms with E-state index in [2.05, 4.69) is 24.1 Å². The smallest absolute Gasteiger partial charge is 0.336 e. The summed E-state index contributed by atoms with van der Waals surface area (Å²) in [5.41, 5.74) is 4.05. The number of anilines is 1. The highest BCUT2D eigenvalue weighted by Crippen LogP contribution is 2.48. The SMILES string of the molecule is CCN(CC)c1ccc([C@@H]2C(C(=O)OC)=C(C)NC3=C2C(=O)[C@@H](C(=O)OC)[C@H](c2cccs2)C3)cc1. The van der Waals surface area contributed by atoms with E-state index in [0.29, 0.717) is 23.3 Å². The average molecular weight is 509 g/mol. The summed E-state index contributed by atoms with van der Waals surface area (Å²) in [6.45, 7) is 7.76. The number of rotatable bonds is 7. The number of methoxy groups -OCH3 is 2. The molecule has 0 radical (unpaired) electrons. The fraction of sp³-hybridized carbons (Fsp3) is 0.393. The first-order chi connectivity index (χ1) is 17.4. The molecule has 1 aromatic carbocycles. The molecule has 4 rings (SSSR count). The van der Waals surface area contributed by atoms with Crippen LogP contribution in [0.25, 0.3) is 0 Å². The molecule has 1 aliphatic heterocycles. The minimum atomic E-state index is -0.982. The first-order valence-corrected chi connectivity index (χ1v) is 13.0. The molecule has 0 saturated heterocycles. The fourth-order valence-electron chi connectivity index (χ4n) is 5.38. The van der Waals surface area contributed by atoms with Crippen LogP contribution in [-0.4, -0.2) is 45.0 Å². The Morgan fingerprint density at radius 2 is 1.78 bits per heavy atom. The molecular weight excluding hydrogens is 476 g/mol. The minimum Gasteiger partial charge on any atom is -0.468 e. The Bertz CT molecular complexity index is 1210. The van der Waals surface area contributed by atoms with Gasteiger partial charge in [-0.25, -0.2) is 4.79 Å². The first-order valence-electron chi connectivity index (χ1n) is 12.2. The molecule has 190 valence electrons. The van der Waals surface area contributed by atoms with E-state index in [9.17, 15) is 14.4 Å². The van der Waals surface area contributed by atoms with Crippen LogP contribution in [-0.2, 0) is 23.9 Å². The third-order valence-electron chi connectivity index (χ3n) is 7.14. The van der Waals surface area contributed by atoms with E-state index in [1.165, 1.54) is 25.6 Å². The number of ketones is 1. The number of benzene rings is 1. The van der Waals surface area contributed by atoms with Crippen molar-refractivity contribution in [3.63, 3.8) is 0 Å². The summed E-state index contributed by atoms with van der Waals surface area (Å²) >= 11 is 1.52. The lowest BCUT2D eigenvalue weighted by atomic mass is 9.68. The summed E-state index contributed by atoms with van der Waals surface area (Å²) in [4.78, 5) is 43.2. The van der Waals surface area contributed by atoms with Crippen LogP contribution in [0.3, 0.4) is 0 Å². The second-order valence-electron chi connectivity index (χ2n) is 8.94. The summed E-state index contributed by atoms with van der Waals surface area (Å²) in [6.07, 6.45) is 0.460. The molecule has 0 spiro atoms. The number of allylic oxidation sites excluding steroid dienone is 3. The molecule has 2 heterocycles. The fourth-order valence-corrected chi connectivity index (χ4v) is 6.25. The monoisotopic (exact) mass is 508 g/mol. The molecule has 7 nitrogen and oxygen atoms in total. The summed E-state index contributed by atoms with van der Waals surface area (Å²) in [6, 6.07) is 11.8. The van der Waals surface area contributed by atoms with Crippen molar-refractivity contribution in [1.29, 1.82) is 0 Å². The van der Waals surface area contributed by atoms with E-state index in [4.69, 9.17) is 9.47 Å². The molecule has 1 N–H and O–H groups in total. The Balaban J connectivity index is 1.86. The zero-order valence-corrected chi connectivity index (χ0v) is 22.1. The van der Waals surface area contributed by atoms with Crippen LogP contribution in [0.4, 0.5) is 5.69 Å². The maximum Gasteiger partial charge on any atom is 0.336 e. The van der Waals surface area contributed by atoms with Crippen molar-refractivity contribution in [2.24, 2.45) is 5.92 Å². The normalized spacial score (nSPS) is 21.6. The Kier molecular flexibility index (Phi) is 7.64. The van der Waals surface area contributed by atoms with Crippen molar-refractivity contribution in [3.8, 4) is 0 Å². The molecule has 36 heavy (non-hydrogen) atoms. The number of hydrogen-bond donors (Lipinski definition) is 1. The average Bonchev–Trinajstić information content (AvgIpc) is 3.43. The summed E-state index contributed by atoms with van der Waals surface area (Å²) in [5, 5.41) is 5.25. The maximum atomic E-state index is 14.1. The third-order valence-corrected chi connectivity index (χ3v) is 8.15. The van der Waals surface area contributed by atoms with Crippen LogP contribution >= 0.6 is 11.3 Å². The van der Waals surface area contributed by atoms with Gasteiger partial charge in [0.2, 0.25) is 0 Å². The Labute approximate surface area is 215 Å². The van der Waals surface area contributed by atoms with Crippen molar-refractivity contribution in [3.05, 3.63) is 74.8 Å². The molecular formula is C28H32N2O5S. The van der Waals surface area contributed by atoms with Crippen LogP contribution in [0.5, 0.6) is 0 Å². The number of Topliss-reactive ketones (excluding diaryl/α,β-unsaturated/α-hetero) is 1. The molecule has 1 aromatic heterocycles. The van der Waals surface area contributed by atoms with Crippen molar-refractivity contribution < 1.29 is 23.9 Å². The molecule has 1 aliphatic carbocycles. The molecule has 0 fully saturated rings. The highest BCUT2D eigenvalue weighted by Gasteiger charge is 2.49. The van der Waals surface area contributed by atoms with Crippen molar-refractivity contribution in [2.45, 2.75) is 39.0 Å². The molecule has 3 atom stereocenters. The van der Waals surface area contributed by atoms with E-state index < -0.39 is 23.8 Å². The number of carbonyl (C=O) groups excluding carboxylic acids is 3. The number of esters is 2. The van der Waals surface area contributed by atoms with Gasteiger partial charge in [0.1, 0.15) is 5.92 Å². The lowest BCUT2D eigenvalue weighted by molar-refractivity contribution is -0.149. The number of nitrogens with zero attached hydrogens (tertiary/aromatic N) is 1.